The molecule has 0 bridgehead atoms. The molecule has 0 saturated heterocycles. The van der Waals surface area contributed by atoms with Gasteiger partial charge >= 0.3 is 0 Å². The lowest BCUT2D eigenvalue weighted by atomic mass is 10.2. The number of rotatable bonds is 0. The van der Waals surface area contributed by atoms with Crippen LogP contribution in [0.25, 0.3) is 0 Å². The predicted molar refractivity (Wildman–Crippen MR) is 78.1 cm³/mol. The second-order valence-corrected chi connectivity index (χ2v) is 5.35. The van der Waals surface area contributed by atoms with E-state index in [0.717, 1.165) is 24.5 Å². The molecule has 2 rings (SSSR count). The first-order chi connectivity index (χ1) is 9.15. The van der Waals surface area contributed by atoms with Gasteiger partial charge in [-0.05, 0) is 21.0 Å². The number of hydrogen-bond donors (Lipinski definition) is 2. The van der Waals surface area contributed by atoms with E-state index < -0.39 is 0 Å². The van der Waals surface area contributed by atoms with Crippen LogP contribution < -0.4 is 10.6 Å². The van der Waals surface area contributed by atoms with E-state index in [4.69, 9.17) is 5.26 Å². The fraction of sp³-hybridized carbons (Fsp3) is 0.583. The van der Waals surface area contributed by atoms with Gasteiger partial charge in [-0.15, -0.1) is 11.3 Å². The zero-order valence-corrected chi connectivity index (χ0v) is 12.6. The minimum atomic E-state index is 0.638. The van der Waals surface area contributed by atoms with Gasteiger partial charge in [0.2, 0.25) is 5.96 Å². The van der Waals surface area contributed by atoms with Crippen LogP contribution in [-0.4, -0.2) is 43.5 Å². The van der Waals surface area contributed by atoms with Crippen molar-refractivity contribution in [2.45, 2.75) is 19.9 Å². The van der Waals surface area contributed by atoms with E-state index in [2.05, 4.69) is 25.5 Å². The van der Waals surface area contributed by atoms with Gasteiger partial charge in [-0.3, -0.25) is 10.3 Å². The van der Waals surface area contributed by atoms with Crippen molar-refractivity contribution in [2.75, 3.05) is 27.7 Å². The molecule has 0 aliphatic carbocycles. The molecule has 2 N–H and O–H groups in total. The Kier molecular flexibility index (Phi) is 6.25. The van der Waals surface area contributed by atoms with Gasteiger partial charge in [0.15, 0.2) is 6.19 Å². The zero-order chi connectivity index (χ0) is 14.3. The molecule has 0 radical (unpaired) electrons. The quantitative estimate of drug-likeness (QED) is 0.317. The van der Waals surface area contributed by atoms with Gasteiger partial charge in [-0.1, -0.05) is 0 Å². The highest BCUT2D eigenvalue weighted by Crippen LogP contribution is 2.24. The highest BCUT2D eigenvalue weighted by Gasteiger charge is 2.21. The molecule has 1 aromatic rings. The Hall–Kier alpha value is -1.65. The summed E-state index contributed by atoms with van der Waals surface area (Å²) in [6, 6.07) is 0. The van der Waals surface area contributed by atoms with Crippen molar-refractivity contribution in [3.05, 3.63) is 15.6 Å². The molecule has 1 aromatic heterocycles. The van der Waals surface area contributed by atoms with E-state index in [0.29, 0.717) is 5.96 Å². The van der Waals surface area contributed by atoms with Gasteiger partial charge in [0.25, 0.3) is 0 Å². The zero-order valence-electron chi connectivity index (χ0n) is 11.8. The Bertz CT molecular complexity index is 473. The molecule has 0 unspecified atom stereocenters. The Balaban J connectivity index is 0.000000550. The van der Waals surface area contributed by atoms with E-state index in [1.54, 1.807) is 18.4 Å². The van der Waals surface area contributed by atoms with Gasteiger partial charge in [0, 0.05) is 24.9 Å². The van der Waals surface area contributed by atoms with Crippen molar-refractivity contribution in [3.8, 4) is 6.19 Å². The second kappa shape index (κ2) is 7.71. The molecule has 0 saturated carbocycles. The summed E-state index contributed by atoms with van der Waals surface area (Å²) in [5, 5.41) is 15.1. The van der Waals surface area contributed by atoms with E-state index in [1.807, 2.05) is 27.2 Å². The minimum absolute atomic E-state index is 0.638. The summed E-state index contributed by atoms with van der Waals surface area (Å²) in [4.78, 5) is 11.9. The van der Waals surface area contributed by atoms with Crippen LogP contribution >= 0.6 is 11.3 Å². The third-order valence-corrected chi connectivity index (χ3v) is 3.52. The van der Waals surface area contributed by atoms with Crippen molar-refractivity contribution in [1.29, 1.82) is 5.26 Å². The maximum Gasteiger partial charge on any atom is 0.207 e. The molecule has 1 aliphatic rings. The number of aliphatic imine (C=N–C) groups is 1. The van der Waals surface area contributed by atoms with E-state index in [1.165, 1.54) is 10.6 Å². The highest BCUT2D eigenvalue weighted by atomic mass is 32.1. The Morgan fingerprint density at radius 3 is 2.79 bits per heavy atom. The number of guanidine groups is 1. The van der Waals surface area contributed by atoms with Crippen molar-refractivity contribution in [2.24, 2.45) is 4.99 Å². The van der Waals surface area contributed by atoms with E-state index in [9.17, 15) is 0 Å². The average molecular weight is 280 g/mol. The molecule has 0 spiro atoms. The number of nitriles is 1. The van der Waals surface area contributed by atoms with Crippen LogP contribution in [0.15, 0.2) is 4.99 Å². The van der Waals surface area contributed by atoms with E-state index >= 15 is 0 Å². The van der Waals surface area contributed by atoms with Crippen molar-refractivity contribution in [1.82, 2.24) is 20.5 Å². The summed E-state index contributed by atoms with van der Waals surface area (Å²) in [7, 11) is 5.44. The molecule has 19 heavy (non-hydrogen) atoms. The largest absolute Gasteiger partial charge is 0.337 e. The smallest absolute Gasteiger partial charge is 0.207 e. The first-order valence-electron chi connectivity index (χ1n) is 6.06. The molecule has 1 aliphatic heterocycles. The van der Waals surface area contributed by atoms with Crippen LogP contribution in [0.5, 0.6) is 0 Å². The third kappa shape index (κ3) is 4.19. The van der Waals surface area contributed by atoms with Gasteiger partial charge in [-0.2, -0.15) is 5.26 Å². The number of hydrogen-bond acceptors (Lipinski definition) is 5. The van der Waals surface area contributed by atoms with Gasteiger partial charge in [0.1, 0.15) is 0 Å². The van der Waals surface area contributed by atoms with Crippen molar-refractivity contribution in [3.63, 3.8) is 0 Å². The molecular weight excluding hydrogens is 260 g/mol. The standard InChI is InChI=1S/C10H13N5S.C2H7N/c1-7-14-8-3-4-15(5-9(8)16-7)10(12-2)13-6-11;1-3-2/h3-5H2,1-2H3,(H,12,13);3H,1-2H3. The molecule has 104 valence electrons. The van der Waals surface area contributed by atoms with Crippen LogP contribution in [0.2, 0.25) is 0 Å². The Morgan fingerprint density at radius 1 is 1.53 bits per heavy atom. The highest BCUT2D eigenvalue weighted by molar-refractivity contribution is 7.11. The lowest BCUT2D eigenvalue weighted by molar-refractivity contribution is 0.386. The summed E-state index contributed by atoms with van der Waals surface area (Å²) in [6.07, 6.45) is 2.83. The summed E-state index contributed by atoms with van der Waals surface area (Å²) in [5.74, 6) is 0.638. The monoisotopic (exact) mass is 280 g/mol. The van der Waals surface area contributed by atoms with Crippen LogP contribution in [-0.2, 0) is 13.0 Å². The average Bonchev–Trinajstić information content (AvgIpc) is 2.76. The first kappa shape index (κ1) is 15.4. The van der Waals surface area contributed by atoms with Gasteiger partial charge < -0.3 is 10.2 Å². The summed E-state index contributed by atoms with van der Waals surface area (Å²) in [5.41, 5.74) is 1.20. The van der Waals surface area contributed by atoms with E-state index in [-0.39, 0.29) is 0 Å². The van der Waals surface area contributed by atoms with Gasteiger partial charge in [0.05, 0.1) is 17.2 Å². The Labute approximate surface area is 118 Å². The maximum atomic E-state index is 8.62. The summed E-state index contributed by atoms with van der Waals surface area (Å²) >= 11 is 1.72. The fourth-order valence-electron chi connectivity index (χ4n) is 1.83. The SMILES string of the molecule is CN=C(NC#N)N1CCc2nc(C)sc2C1.CNC. The topological polar surface area (TPSA) is 76.3 Å². The molecular formula is C12H20N6S. The predicted octanol–water partition coefficient (Wildman–Crippen LogP) is 0.702. The summed E-state index contributed by atoms with van der Waals surface area (Å²) < 4.78 is 0. The molecule has 0 fully saturated rings. The number of fused-ring (bicyclic) bond motifs is 1. The molecule has 0 aromatic carbocycles. The third-order valence-electron chi connectivity index (χ3n) is 2.52. The number of aryl methyl sites for hydroxylation is 1. The van der Waals surface area contributed by atoms with Gasteiger partial charge in [-0.25, -0.2) is 4.98 Å². The molecule has 0 atom stereocenters. The van der Waals surface area contributed by atoms with Crippen LogP contribution in [0.1, 0.15) is 15.6 Å². The van der Waals surface area contributed by atoms with Crippen molar-refractivity contribution < 1.29 is 0 Å². The molecule has 6 nitrogen and oxygen atoms in total. The second-order valence-electron chi connectivity index (χ2n) is 4.06. The fourth-order valence-corrected chi connectivity index (χ4v) is 2.83. The molecule has 0 amide bonds. The lowest BCUT2D eigenvalue weighted by Gasteiger charge is -2.27. The first-order valence-corrected chi connectivity index (χ1v) is 6.88. The lowest BCUT2D eigenvalue weighted by Crippen LogP contribution is -2.42. The maximum absolute atomic E-state index is 8.62. The van der Waals surface area contributed by atoms with Crippen LogP contribution in [0, 0.1) is 18.4 Å². The number of nitrogens with one attached hydrogen (secondary N) is 2. The number of thiazole rings is 1. The minimum Gasteiger partial charge on any atom is -0.337 e. The summed E-state index contributed by atoms with van der Waals surface area (Å²) in [6.45, 7) is 3.68. The molecule has 7 heteroatoms. The normalized spacial score (nSPS) is 14.1. The molecule has 2 heterocycles. The van der Waals surface area contributed by atoms with Crippen LogP contribution in [0.4, 0.5) is 0 Å². The number of aromatic nitrogens is 1. The number of nitrogens with zero attached hydrogens (tertiary/aromatic N) is 4. The van der Waals surface area contributed by atoms with Crippen molar-refractivity contribution >= 4 is 17.3 Å². The van der Waals surface area contributed by atoms with Crippen LogP contribution in [0.3, 0.4) is 0 Å². The Morgan fingerprint density at radius 2 is 2.21 bits per heavy atom.